The van der Waals surface area contributed by atoms with Gasteiger partial charge in [-0.2, -0.15) is 4.68 Å². The highest BCUT2D eigenvalue weighted by Gasteiger charge is 2.18. The summed E-state index contributed by atoms with van der Waals surface area (Å²) in [7, 11) is 0. The minimum absolute atomic E-state index is 0.310. The Morgan fingerprint density at radius 2 is 2.06 bits per heavy atom. The van der Waals surface area contributed by atoms with E-state index in [9.17, 15) is 9.59 Å². The van der Waals surface area contributed by atoms with Gasteiger partial charge in [-0.3, -0.25) is 4.98 Å². The van der Waals surface area contributed by atoms with E-state index < -0.39 is 17.7 Å². The van der Waals surface area contributed by atoms with Crippen LogP contribution in [-0.2, 0) is 4.79 Å². The fraction of sp³-hybridized carbons (Fsp3) is 0.182. The van der Waals surface area contributed by atoms with E-state index in [2.05, 4.69) is 10.1 Å². The highest BCUT2D eigenvalue weighted by atomic mass is 35.5. The number of nitrogens with zero attached hydrogens (tertiary/aromatic N) is 2. The number of nitrogens with one attached hydrogen (secondary N) is 1. The van der Waals surface area contributed by atoms with E-state index in [0.29, 0.717) is 16.4 Å². The molecule has 2 aromatic rings. The number of carbonyl (C=O) groups is 1. The molecular formula is C11H10ClN3O3. The largest absolute Gasteiger partial charge is 0.480 e. The second kappa shape index (κ2) is 4.66. The Bertz CT molecular complexity index is 630. The first-order valence-corrected chi connectivity index (χ1v) is 5.54. The molecule has 0 radical (unpaired) electrons. The predicted octanol–water partition coefficient (Wildman–Crippen LogP) is 1.54. The van der Waals surface area contributed by atoms with Crippen LogP contribution in [0.3, 0.4) is 0 Å². The Morgan fingerprint density at radius 1 is 1.44 bits per heavy atom. The number of hydrogen-bond acceptors (Lipinski definition) is 3. The number of hydrogen-bond donors (Lipinski definition) is 2. The van der Waals surface area contributed by atoms with Crippen LogP contribution in [0.5, 0.6) is 0 Å². The zero-order valence-electron chi connectivity index (χ0n) is 9.42. The number of carboxylic acids is 1. The summed E-state index contributed by atoms with van der Waals surface area (Å²) in [6.07, 6.45) is 0. The topological polar surface area (TPSA) is 88.0 Å². The lowest BCUT2D eigenvalue weighted by atomic mass is 10.2. The van der Waals surface area contributed by atoms with Crippen LogP contribution in [-0.4, -0.2) is 25.8 Å². The highest BCUT2D eigenvalue weighted by molar-refractivity contribution is 6.30. The molecule has 94 valence electrons. The maximum absolute atomic E-state index is 11.6. The van der Waals surface area contributed by atoms with Gasteiger partial charge in [0.15, 0.2) is 11.9 Å². The summed E-state index contributed by atoms with van der Waals surface area (Å²) in [6.45, 7) is 1.39. The molecule has 2 rings (SSSR count). The molecule has 1 unspecified atom stereocenters. The molecule has 0 saturated heterocycles. The minimum atomic E-state index is -1.12. The maximum atomic E-state index is 11.6. The van der Waals surface area contributed by atoms with Gasteiger partial charge in [-0.05, 0) is 31.2 Å². The Hall–Kier alpha value is -2.08. The van der Waals surface area contributed by atoms with Crippen molar-refractivity contribution in [3.05, 3.63) is 39.8 Å². The van der Waals surface area contributed by atoms with Crippen LogP contribution in [0.4, 0.5) is 0 Å². The first-order chi connectivity index (χ1) is 8.49. The number of H-pyrrole nitrogens is 1. The van der Waals surface area contributed by atoms with Crippen LogP contribution >= 0.6 is 11.6 Å². The molecule has 0 bridgehead atoms. The van der Waals surface area contributed by atoms with Crippen molar-refractivity contribution in [2.45, 2.75) is 13.0 Å². The number of halogens is 1. The molecule has 0 aliphatic carbocycles. The van der Waals surface area contributed by atoms with Crippen molar-refractivity contribution in [2.24, 2.45) is 0 Å². The molecule has 2 N–H and O–H groups in total. The van der Waals surface area contributed by atoms with Crippen LogP contribution in [0, 0.1) is 0 Å². The first kappa shape index (κ1) is 12.4. The van der Waals surface area contributed by atoms with Crippen molar-refractivity contribution < 1.29 is 9.90 Å². The molecule has 18 heavy (non-hydrogen) atoms. The number of benzene rings is 1. The van der Waals surface area contributed by atoms with Gasteiger partial charge in [0.05, 0.1) is 0 Å². The van der Waals surface area contributed by atoms with Crippen molar-refractivity contribution in [1.29, 1.82) is 0 Å². The van der Waals surface area contributed by atoms with E-state index in [1.54, 1.807) is 24.3 Å². The SMILES string of the molecule is CC(C(=O)O)n1nc(-c2ccc(Cl)cc2)[nH]c1=O. The van der Waals surface area contributed by atoms with Gasteiger partial charge in [-0.1, -0.05) is 11.6 Å². The Labute approximate surface area is 107 Å². The zero-order chi connectivity index (χ0) is 13.3. The number of rotatable bonds is 3. The fourth-order valence-corrected chi connectivity index (χ4v) is 1.57. The predicted molar refractivity (Wildman–Crippen MR) is 65.6 cm³/mol. The van der Waals surface area contributed by atoms with Crippen molar-refractivity contribution in [3.63, 3.8) is 0 Å². The average molecular weight is 268 g/mol. The molecule has 7 heteroatoms. The molecular weight excluding hydrogens is 258 g/mol. The van der Waals surface area contributed by atoms with Crippen molar-refractivity contribution in [1.82, 2.24) is 14.8 Å². The second-order valence-electron chi connectivity index (χ2n) is 3.74. The third-order valence-corrected chi connectivity index (χ3v) is 2.74. The second-order valence-corrected chi connectivity index (χ2v) is 4.18. The zero-order valence-corrected chi connectivity index (χ0v) is 10.2. The van der Waals surface area contributed by atoms with E-state index >= 15 is 0 Å². The monoisotopic (exact) mass is 267 g/mol. The van der Waals surface area contributed by atoms with Crippen molar-refractivity contribution in [2.75, 3.05) is 0 Å². The molecule has 6 nitrogen and oxygen atoms in total. The summed E-state index contributed by atoms with van der Waals surface area (Å²) in [4.78, 5) is 24.9. The van der Waals surface area contributed by atoms with Crippen LogP contribution in [0.1, 0.15) is 13.0 Å². The molecule has 0 amide bonds. The Balaban J connectivity index is 2.43. The van der Waals surface area contributed by atoms with Crippen molar-refractivity contribution in [3.8, 4) is 11.4 Å². The molecule has 1 heterocycles. The molecule has 1 aromatic carbocycles. The van der Waals surface area contributed by atoms with Crippen LogP contribution in [0.15, 0.2) is 29.1 Å². The molecule has 1 atom stereocenters. The van der Waals surface area contributed by atoms with Crippen LogP contribution < -0.4 is 5.69 Å². The average Bonchev–Trinajstić information content (AvgIpc) is 2.71. The van der Waals surface area contributed by atoms with Gasteiger partial charge in [0.25, 0.3) is 0 Å². The van der Waals surface area contributed by atoms with Gasteiger partial charge in [-0.15, -0.1) is 5.10 Å². The first-order valence-electron chi connectivity index (χ1n) is 5.16. The third-order valence-electron chi connectivity index (χ3n) is 2.48. The number of carboxylic acid groups (broad SMARTS) is 1. The smallest absolute Gasteiger partial charge is 0.344 e. The minimum Gasteiger partial charge on any atom is -0.480 e. The van der Waals surface area contributed by atoms with Gasteiger partial charge in [0.1, 0.15) is 0 Å². The standard InChI is InChI=1S/C11H10ClN3O3/c1-6(10(16)17)15-11(18)13-9(14-15)7-2-4-8(12)5-3-7/h2-6H,1H3,(H,16,17)(H,13,14,18). The number of aromatic amines is 1. The van der Waals surface area contributed by atoms with E-state index in [4.69, 9.17) is 16.7 Å². The summed E-state index contributed by atoms with van der Waals surface area (Å²) in [6, 6.07) is 5.69. The quantitative estimate of drug-likeness (QED) is 0.883. The molecule has 0 spiro atoms. The van der Waals surface area contributed by atoms with E-state index in [-0.39, 0.29) is 0 Å². The molecule has 0 saturated carbocycles. The van der Waals surface area contributed by atoms with Gasteiger partial charge >= 0.3 is 11.7 Å². The Kier molecular flexibility index (Phi) is 3.20. The third kappa shape index (κ3) is 2.28. The lowest BCUT2D eigenvalue weighted by Gasteiger charge is -2.03. The molecule has 1 aromatic heterocycles. The van der Waals surface area contributed by atoms with E-state index in [1.807, 2.05) is 0 Å². The normalized spacial score (nSPS) is 12.3. The van der Waals surface area contributed by atoms with E-state index in [0.717, 1.165) is 4.68 Å². The van der Waals surface area contributed by atoms with Crippen LogP contribution in [0.25, 0.3) is 11.4 Å². The summed E-state index contributed by atoms with van der Waals surface area (Å²) in [5.41, 5.74) is 0.0997. The molecule has 0 aliphatic heterocycles. The van der Waals surface area contributed by atoms with Gasteiger partial charge in [-0.25, -0.2) is 9.59 Å². The lowest BCUT2D eigenvalue weighted by Crippen LogP contribution is -2.26. The summed E-state index contributed by atoms with van der Waals surface area (Å²) < 4.78 is 0.895. The maximum Gasteiger partial charge on any atom is 0.344 e. The lowest BCUT2D eigenvalue weighted by molar-refractivity contribution is -0.140. The summed E-state index contributed by atoms with van der Waals surface area (Å²) in [5.74, 6) is -0.809. The highest BCUT2D eigenvalue weighted by Crippen LogP contribution is 2.17. The summed E-state index contributed by atoms with van der Waals surface area (Å²) >= 11 is 5.75. The van der Waals surface area contributed by atoms with Gasteiger partial charge in [0.2, 0.25) is 0 Å². The molecule has 0 fully saturated rings. The van der Waals surface area contributed by atoms with Crippen molar-refractivity contribution >= 4 is 17.6 Å². The van der Waals surface area contributed by atoms with E-state index in [1.165, 1.54) is 6.92 Å². The Morgan fingerprint density at radius 3 is 2.61 bits per heavy atom. The van der Waals surface area contributed by atoms with Crippen LogP contribution in [0.2, 0.25) is 5.02 Å². The number of aliphatic carboxylic acids is 1. The van der Waals surface area contributed by atoms with Gasteiger partial charge < -0.3 is 5.11 Å². The molecule has 0 aliphatic rings. The number of aromatic nitrogens is 3. The fourth-order valence-electron chi connectivity index (χ4n) is 1.44. The van der Waals surface area contributed by atoms with Gasteiger partial charge in [0, 0.05) is 10.6 Å². The summed E-state index contributed by atoms with van der Waals surface area (Å²) in [5, 5.41) is 13.4.